The highest BCUT2D eigenvalue weighted by Gasteiger charge is 2.12. The SMILES string of the molecule is O=C(CNc1c(F)cc(Br)cc1F)Nc1ccccc1F. The van der Waals surface area contributed by atoms with Crippen LogP contribution in [0.15, 0.2) is 40.9 Å². The number of hydrogen-bond acceptors (Lipinski definition) is 2. The van der Waals surface area contributed by atoms with Crippen LogP contribution in [0, 0.1) is 17.5 Å². The van der Waals surface area contributed by atoms with E-state index in [2.05, 4.69) is 26.6 Å². The first kappa shape index (κ1) is 15.4. The fraction of sp³-hybridized carbons (Fsp3) is 0.0714. The van der Waals surface area contributed by atoms with Gasteiger partial charge in [0.05, 0.1) is 12.2 Å². The predicted molar refractivity (Wildman–Crippen MR) is 77.6 cm³/mol. The summed E-state index contributed by atoms with van der Waals surface area (Å²) in [4.78, 5) is 11.6. The molecule has 2 rings (SSSR count). The van der Waals surface area contributed by atoms with Crippen LogP contribution in [-0.4, -0.2) is 12.5 Å². The Hall–Kier alpha value is -2.02. The quantitative estimate of drug-likeness (QED) is 0.869. The summed E-state index contributed by atoms with van der Waals surface area (Å²) in [5.41, 5.74) is -0.414. The minimum Gasteiger partial charge on any atom is -0.371 e. The summed E-state index contributed by atoms with van der Waals surface area (Å²) in [6.45, 7) is -0.399. The van der Waals surface area contributed by atoms with E-state index in [1.54, 1.807) is 6.07 Å². The van der Waals surface area contributed by atoms with Crippen molar-refractivity contribution in [1.29, 1.82) is 0 Å². The van der Waals surface area contributed by atoms with Crippen LogP contribution in [0.25, 0.3) is 0 Å². The minimum absolute atomic E-state index is 0.000972. The molecule has 0 saturated carbocycles. The minimum atomic E-state index is -0.833. The van der Waals surface area contributed by atoms with Gasteiger partial charge in [0.25, 0.3) is 0 Å². The van der Waals surface area contributed by atoms with Crippen LogP contribution in [0.4, 0.5) is 24.5 Å². The van der Waals surface area contributed by atoms with Crippen LogP contribution in [-0.2, 0) is 4.79 Å². The summed E-state index contributed by atoms with van der Waals surface area (Å²) in [6.07, 6.45) is 0. The molecule has 0 spiro atoms. The Bertz CT molecular complexity index is 656. The van der Waals surface area contributed by atoms with Crippen LogP contribution >= 0.6 is 15.9 Å². The van der Waals surface area contributed by atoms with Crippen LogP contribution < -0.4 is 10.6 Å². The molecule has 2 N–H and O–H groups in total. The molecule has 21 heavy (non-hydrogen) atoms. The first-order chi connectivity index (χ1) is 9.97. The first-order valence-electron chi connectivity index (χ1n) is 5.90. The van der Waals surface area contributed by atoms with Crippen LogP contribution in [0.2, 0.25) is 0 Å². The number of carbonyl (C=O) groups excluding carboxylic acids is 1. The summed E-state index contributed by atoms with van der Waals surface area (Å²) >= 11 is 2.95. The third kappa shape index (κ3) is 3.98. The Labute approximate surface area is 127 Å². The van der Waals surface area contributed by atoms with Crippen LogP contribution in [0.5, 0.6) is 0 Å². The third-order valence-corrected chi connectivity index (χ3v) is 3.04. The lowest BCUT2D eigenvalue weighted by molar-refractivity contribution is -0.114. The number of hydrogen-bond donors (Lipinski definition) is 2. The average Bonchev–Trinajstić information content (AvgIpc) is 2.40. The molecule has 3 nitrogen and oxygen atoms in total. The van der Waals surface area contributed by atoms with E-state index in [1.165, 1.54) is 18.2 Å². The lowest BCUT2D eigenvalue weighted by Crippen LogP contribution is -2.23. The largest absolute Gasteiger partial charge is 0.371 e. The Balaban J connectivity index is 2.01. The molecule has 0 aliphatic carbocycles. The Morgan fingerprint density at radius 1 is 1.05 bits per heavy atom. The zero-order valence-corrected chi connectivity index (χ0v) is 12.2. The van der Waals surface area contributed by atoms with Crippen molar-refractivity contribution in [2.24, 2.45) is 0 Å². The van der Waals surface area contributed by atoms with Crippen molar-refractivity contribution in [1.82, 2.24) is 0 Å². The summed E-state index contributed by atoms with van der Waals surface area (Å²) in [5, 5.41) is 4.64. The number of halogens is 4. The standard InChI is InChI=1S/C14H10BrF3N2O/c15-8-5-10(17)14(11(18)6-8)19-7-13(21)20-12-4-2-1-3-9(12)16/h1-6,19H,7H2,(H,20,21). The molecule has 2 aromatic rings. The van der Waals surface area contributed by atoms with Crippen molar-refractivity contribution in [3.05, 3.63) is 58.3 Å². The lowest BCUT2D eigenvalue weighted by atomic mass is 10.3. The Kier molecular flexibility index (Phi) is 4.85. The number of anilines is 2. The van der Waals surface area contributed by atoms with Crippen molar-refractivity contribution in [3.8, 4) is 0 Å². The molecule has 110 valence electrons. The summed E-state index contributed by atoms with van der Waals surface area (Å²) in [5.74, 6) is -2.88. The second-order valence-corrected chi connectivity index (χ2v) is 5.04. The molecule has 0 aromatic heterocycles. The average molecular weight is 359 g/mol. The summed E-state index contributed by atoms with van der Waals surface area (Å²) in [7, 11) is 0. The predicted octanol–water partition coefficient (Wildman–Crippen LogP) is 3.92. The highest BCUT2D eigenvalue weighted by Crippen LogP contribution is 2.23. The van der Waals surface area contributed by atoms with E-state index in [0.29, 0.717) is 0 Å². The van der Waals surface area contributed by atoms with Gasteiger partial charge < -0.3 is 10.6 Å². The van der Waals surface area contributed by atoms with Gasteiger partial charge in [-0.3, -0.25) is 4.79 Å². The summed E-state index contributed by atoms with van der Waals surface area (Å²) < 4.78 is 40.6. The van der Waals surface area contributed by atoms with E-state index in [9.17, 15) is 18.0 Å². The Morgan fingerprint density at radius 2 is 1.67 bits per heavy atom. The fourth-order valence-corrected chi connectivity index (χ4v) is 2.04. The molecule has 0 atom stereocenters. The van der Waals surface area contributed by atoms with E-state index in [4.69, 9.17) is 0 Å². The molecule has 0 aliphatic rings. The maximum absolute atomic E-state index is 13.5. The number of carbonyl (C=O) groups is 1. The van der Waals surface area contributed by atoms with E-state index in [1.807, 2.05) is 0 Å². The lowest BCUT2D eigenvalue weighted by Gasteiger charge is -2.10. The van der Waals surface area contributed by atoms with Crippen molar-refractivity contribution < 1.29 is 18.0 Å². The number of rotatable bonds is 4. The van der Waals surface area contributed by atoms with Gasteiger partial charge >= 0.3 is 0 Å². The van der Waals surface area contributed by atoms with Gasteiger partial charge in [-0.15, -0.1) is 0 Å². The van der Waals surface area contributed by atoms with Gasteiger partial charge in [0.1, 0.15) is 23.1 Å². The second kappa shape index (κ2) is 6.62. The highest BCUT2D eigenvalue weighted by molar-refractivity contribution is 9.10. The van der Waals surface area contributed by atoms with E-state index < -0.39 is 35.6 Å². The maximum atomic E-state index is 13.5. The summed E-state index contributed by atoms with van der Waals surface area (Å²) in [6, 6.07) is 7.75. The zero-order chi connectivity index (χ0) is 15.4. The zero-order valence-electron chi connectivity index (χ0n) is 10.6. The molecule has 7 heteroatoms. The van der Waals surface area contributed by atoms with Gasteiger partial charge in [0.2, 0.25) is 5.91 Å². The monoisotopic (exact) mass is 358 g/mol. The maximum Gasteiger partial charge on any atom is 0.243 e. The molecule has 0 aliphatic heterocycles. The molecular weight excluding hydrogens is 349 g/mol. The first-order valence-corrected chi connectivity index (χ1v) is 6.69. The molecule has 0 fully saturated rings. The van der Waals surface area contributed by atoms with Crippen LogP contribution in [0.3, 0.4) is 0 Å². The van der Waals surface area contributed by atoms with E-state index in [-0.39, 0.29) is 10.2 Å². The molecule has 0 heterocycles. The highest BCUT2D eigenvalue weighted by atomic mass is 79.9. The van der Waals surface area contributed by atoms with Crippen molar-refractivity contribution >= 4 is 33.2 Å². The molecule has 0 unspecified atom stereocenters. The number of para-hydroxylation sites is 1. The van der Waals surface area contributed by atoms with Gasteiger partial charge in [-0.05, 0) is 24.3 Å². The number of nitrogens with one attached hydrogen (secondary N) is 2. The van der Waals surface area contributed by atoms with Crippen molar-refractivity contribution in [2.75, 3.05) is 17.2 Å². The fourth-order valence-electron chi connectivity index (χ4n) is 1.64. The van der Waals surface area contributed by atoms with Gasteiger partial charge in [0.15, 0.2) is 0 Å². The number of benzene rings is 2. The molecule has 0 radical (unpaired) electrons. The number of amides is 1. The molecule has 0 saturated heterocycles. The third-order valence-electron chi connectivity index (χ3n) is 2.58. The normalized spacial score (nSPS) is 10.3. The Morgan fingerprint density at radius 3 is 2.29 bits per heavy atom. The smallest absolute Gasteiger partial charge is 0.243 e. The van der Waals surface area contributed by atoms with E-state index in [0.717, 1.165) is 12.1 Å². The molecule has 1 amide bonds. The van der Waals surface area contributed by atoms with Crippen molar-refractivity contribution in [3.63, 3.8) is 0 Å². The van der Waals surface area contributed by atoms with Crippen molar-refractivity contribution in [2.45, 2.75) is 0 Å². The van der Waals surface area contributed by atoms with Crippen LogP contribution in [0.1, 0.15) is 0 Å². The second-order valence-electron chi connectivity index (χ2n) is 4.13. The molecular formula is C14H10BrF3N2O. The van der Waals surface area contributed by atoms with Gasteiger partial charge in [-0.1, -0.05) is 28.1 Å². The van der Waals surface area contributed by atoms with Gasteiger partial charge in [0, 0.05) is 4.47 Å². The topological polar surface area (TPSA) is 41.1 Å². The molecule has 2 aromatic carbocycles. The molecule has 0 bridgehead atoms. The van der Waals surface area contributed by atoms with Gasteiger partial charge in [-0.25, -0.2) is 13.2 Å². The van der Waals surface area contributed by atoms with E-state index >= 15 is 0 Å². The van der Waals surface area contributed by atoms with Gasteiger partial charge in [-0.2, -0.15) is 0 Å².